The first-order valence-electron chi connectivity index (χ1n) is 6.45. The van der Waals surface area contributed by atoms with E-state index in [0.717, 1.165) is 25.2 Å². The Balaban J connectivity index is 2.61. The van der Waals surface area contributed by atoms with Crippen LogP contribution < -0.4 is 10.2 Å². The number of anilines is 1. The lowest BCUT2D eigenvalue weighted by molar-refractivity contribution is 0.199. The number of hydrogen-bond acceptors (Lipinski definition) is 3. The second-order valence-electron chi connectivity index (χ2n) is 4.13. The molecule has 0 atom stereocenters. The molecule has 0 heterocycles. The van der Waals surface area contributed by atoms with E-state index < -0.39 is 0 Å². The topological polar surface area (TPSA) is 24.5 Å². The summed E-state index contributed by atoms with van der Waals surface area (Å²) < 4.78 is 18.9. The molecule has 1 aromatic rings. The smallest absolute Gasteiger partial charge is 0.146 e. The van der Waals surface area contributed by atoms with E-state index in [2.05, 4.69) is 5.32 Å². The van der Waals surface area contributed by atoms with Gasteiger partial charge in [-0.2, -0.15) is 0 Å². The Morgan fingerprint density at radius 1 is 1.28 bits per heavy atom. The van der Waals surface area contributed by atoms with Crippen LogP contribution in [0, 0.1) is 5.82 Å². The van der Waals surface area contributed by atoms with Gasteiger partial charge in [-0.3, -0.25) is 0 Å². The quantitative estimate of drug-likeness (QED) is 0.721. The summed E-state index contributed by atoms with van der Waals surface area (Å²) >= 11 is 0. The summed E-state index contributed by atoms with van der Waals surface area (Å²) in [5, 5.41) is 3.20. The van der Waals surface area contributed by atoms with Crippen molar-refractivity contribution < 1.29 is 9.13 Å². The van der Waals surface area contributed by atoms with E-state index in [-0.39, 0.29) is 5.82 Å². The predicted molar refractivity (Wildman–Crippen MR) is 73.5 cm³/mol. The summed E-state index contributed by atoms with van der Waals surface area (Å²) in [5.41, 5.74) is 1.64. The Hall–Kier alpha value is -1.13. The Morgan fingerprint density at radius 2 is 2.00 bits per heavy atom. The van der Waals surface area contributed by atoms with Crippen molar-refractivity contribution in [3.05, 3.63) is 29.6 Å². The number of rotatable bonds is 8. The summed E-state index contributed by atoms with van der Waals surface area (Å²) in [5.74, 6) is -0.148. The average Bonchev–Trinajstić information content (AvgIpc) is 2.38. The van der Waals surface area contributed by atoms with Gasteiger partial charge in [0.05, 0.1) is 12.3 Å². The van der Waals surface area contributed by atoms with Crippen molar-refractivity contribution in [3.63, 3.8) is 0 Å². The average molecular weight is 254 g/mol. The molecule has 0 unspecified atom stereocenters. The second kappa shape index (κ2) is 8.06. The minimum Gasteiger partial charge on any atom is -0.383 e. The third-order valence-electron chi connectivity index (χ3n) is 2.93. The van der Waals surface area contributed by atoms with Crippen molar-refractivity contribution >= 4 is 5.69 Å². The van der Waals surface area contributed by atoms with E-state index in [4.69, 9.17) is 4.74 Å². The molecule has 0 aliphatic carbocycles. The number of ether oxygens (including phenoxy) is 1. The summed E-state index contributed by atoms with van der Waals surface area (Å²) in [6.45, 7) is 7.80. The van der Waals surface area contributed by atoms with Gasteiger partial charge in [0.2, 0.25) is 0 Å². The van der Waals surface area contributed by atoms with Gasteiger partial charge in [0, 0.05) is 33.3 Å². The van der Waals surface area contributed by atoms with Crippen molar-refractivity contribution in [1.82, 2.24) is 5.32 Å². The van der Waals surface area contributed by atoms with Crippen LogP contribution in [-0.4, -0.2) is 33.4 Å². The number of nitrogens with one attached hydrogen (secondary N) is 1. The number of nitrogens with zero attached hydrogens (tertiary/aromatic N) is 1. The molecule has 0 aromatic heterocycles. The van der Waals surface area contributed by atoms with Gasteiger partial charge in [-0.05, 0) is 31.5 Å². The highest BCUT2D eigenvalue weighted by Crippen LogP contribution is 2.20. The van der Waals surface area contributed by atoms with Crippen molar-refractivity contribution in [3.8, 4) is 0 Å². The standard InChI is InChI=1S/C14H23FN2O/c1-4-17(5-2)14-7-6-12(10-13(14)15)11-16-8-9-18-3/h6-7,10,16H,4-5,8-9,11H2,1-3H3. The lowest BCUT2D eigenvalue weighted by Gasteiger charge is -2.22. The van der Waals surface area contributed by atoms with Crippen LogP contribution in [0.25, 0.3) is 0 Å². The minimum absolute atomic E-state index is 0.148. The van der Waals surface area contributed by atoms with Crippen molar-refractivity contribution in [1.29, 1.82) is 0 Å². The van der Waals surface area contributed by atoms with Gasteiger partial charge in [-0.15, -0.1) is 0 Å². The van der Waals surface area contributed by atoms with Crippen LogP contribution in [0.1, 0.15) is 19.4 Å². The molecule has 0 spiro atoms. The molecule has 1 rings (SSSR count). The van der Waals surface area contributed by atoms with Crippen LogP contribution in [0.5, 0.6) is 0 Å². The Labute approximate surface area is 109 Å². The van der Waals surface area contributed by atoms with Gasteiger partial charge < -0.3 is 15.0 Å². The van der Waals surface area contributed by atoms with Crippen molar-refractivity contribution in [2.75, 3.05) is 38.3 Å². The maximum Gasteiger partial charge on any atom is 0.146 e. The van der Waals surface area contributed by atoms with Crippen LogP contribution in [0.3, 0.4) is 0 Å². The number of hydrogen-bond donors (Lipinski definition) is 1. The zero-order valence-electron chi connectivity index (χ0n) is 11.5. The maximum atomic E-state index is 14.0. The maximum absolute atomic E-state index is 14.0. The summed E-state index contributed by atoms with van der Waals surface area (Å²) in [7, 11) is 1.67. The largest absolute Gasteiger partial charge is 0.383 e. The first kappa shape index (κ1) is 14.9. The number of benzene rings is 1. The fraction of sp³-hybridized carbons (Fsp3) is 0.571. The fourth-order valence-corrected chi connectivity index (χ4v) is 1.89. The summed E-state index contributed by atoms with van der Waals surface area (Å²) in [6.07, 6.45) is 0. The van der Waals surface area contributed by atoms with E-state index in [1.54, 1.807) is 13.2 Å². The Bertz CT molecular complexity index is 354. The minimum atomic E-state index is -0.148. The SMILES string of the molecule is CCN(CC)c1ccc(CNCCOC)cc1F. The zero-order chi connectivity index (χ0) is 13.4. The molecular weight excluding hydrogens is 231 g/mol. The molecule has 0 radical (unpaired) electrons. The van der Waals surface area contributed by atoms with Crippen LogP contribution in [0.4, 0.5) is 10.1 Å². The van der Waals surface area contributed by atoms with Gasteiger partial charge in [0.15, 0.2) is 0 Å². The Kier molecular flexibility index (Phi) is 6.68. The molecule has 1 N–H and O–H groups in total. The van der Waals surface area contributed by atoms with Crippen LogP contribution >= 0.6 is 0 Å². The highest BCUT2D eigenvalue weighted by atomic mass is 19.1. The fourth-order valence-electron chi connectivity index (χ4n) is 1.89. The zero-order valence-corrected chi connectivity index (χ0v) is 11.5. The molecule has 102 valence electrons. The summed E-state index contributed by atoms with van der Waals surface area (Å²) in [6, 6.07) is 5.43. The van der Waals surface area contributed by atoms with E-state index >= 15 is 0 Å². The highest BCUT2D eigenvalue weighted by Gasteiger charge is 2.08. The normalized spacial score (nSPS) is 10.7. The van der Waals surface area contributed by atoms with E-state index in [1.807, 2.05) is 30.9 Å². The molecule has 0 aliphatic rings. The monoisotopic (exact) mass is 254 g/mol. The molecule has 1 aromatic carbocycles. The van der Waals surface area contributed by atoms with Crippen LogP contribution in [0.15, 0.2) is 18.2 Å². The molecule has 3 nitrogen and oxygen atoms in total. The molecule has 0 fully saturated rings. The van der Waals surface area contributed by atoms with Gasteiger partial charge in [0.25, 0.3) is 0 Å². The molecule has 4 heteroatoms. The van der Waals surface area contributed by atoms with Gasteiger partial charge >= 0.3 is 0 Å². The van der Waals surface area contributed by atoms with E-state index in [1.165, 1.54) is 0 Å². The molecule has 0 saturated carbocycles. The van der Waals surface area contributed by atoms with E-state index in [9.17, 15) is 4.39 Å². The highest BCUT2D eigenvalue weighted by molar-refractivity contribution is 5.49. The molecular formula is C14H23FN2O. The number of halogens is 1. The van der Waals surface area contributed by atoms with E-state index in [0.29, 0.717) is 18.8 Å². The molecule has 0 amide bonds. The third-order valence-corrected chi connectivity index (χ3v) is 2.93. The molecule has 0 aliphatic heterocycles. The lowest BCUT2D eigenvalue weighted by atomic mass is 10.2. The molecule has 0 bridgehead atoms. The molecule has 18 heavy (non-hydrogen) atoms. The summed E-state index contributed by atoms with van der Waals surface area (Å²) in [4.78, 5) is 2.01. The first-order valence-corrected chi connectivity index (χ1v) is 6.45. The lowest BCUT2D eigenvalue weighted by Crippen LogP contribution is -2.23. The van der Waals surface area contributed by atoms with Gasteiger partial charge in [-0.1, -0.05) is 6.07 Å². The van der Waals surface area contributed by atoms with Gasteiger partial charge in [0.1, 0.15) is 5.82 Å². The number of methoxy groups -OCH3 is 1. The van der Waals surface area contributed by atoms with Crippen LogP contribution in [0.2, 0.25) is 0 Å². The second-order valence-corrected chi connectivity index (χ2v) is 4.13. The third kappa shape index (κ3) is 4.27. The van der Waals surface area contributed by atoms with Crippen molar-refractivity contribution in [2.45, 2.75) is 20.4 Å². The van der Waals surface area contributed by atoms with Gasteiger partial charge in [-0.25, -0.2) is 4.39 Å². The van der Waals surface area contributed by atoms with Crippen molar-refractivity contribution in [2.24, 2.45) is 0 Å². The predicted octanol–water partition coefficient (Wildman–Crippen LogP) is 2.41. The first-order chi connectivity index (χ1) is 8.72. The van der Waals surface area contributed by atoms with Crippen LogP contribution in [-0.2, 0) is 11.3 Å². The molecule has 0 saturated heterocycles. The Morgan fingerprint density at radius 3 is 2.56 bits per heavy atom.